The van der Waals surface area contributed by atoms with Crippen LogP contribution in [0.4, 0.5) is 5.69 Å². The molecule has 2 aromatic carbocycles. The Morgan fingerprint density at radius 2 is 1.81 bits per heavy atom. The fourth-order valence-electron chi connectivity index (χ4n) is 4.92. The summed E-state index contributed by atoms with van der Waals surface area (Å²) in [5, 5.41) is 2.76. The molecule has 1 aliphatic heterocycles. The van der Waals surface area contributed by atoms with Crippen LogP contribution in [-0.2, 0) is 30.3 Å². The first-order valence-electron chi connectivity index (χ1n) is 14.3. The van der Waals surface area contributed by atoms with Crippen LogP contribution >= 0.6 is 0 Å². The van der Waals surface area contributed by atoms with Gasteiger partial charge >= 0.3 is 5.97 Å². The van der Waals surface area contributed by atoms with Crippen molar-refractivity contribution in [3.05, 3.63) is 53.6 Å². The summed E-state index contributed by atoms with van der Waals surface area (Å²) in [4.78, 5) is 52.9. The molecule has 1 aliphatic rings. The molecule has 11 nitrogen and oxygen atoms in total. The molecule has 2 amide bonds. The monoisotopic (exact) mass is 582 g/mol. The number of esters is 1. The van der Waals surface area contributed by atoms with Crippen molar-refractivity contribution >= 4 is 29.3 Å². The fraction of sp³-hybridized carbons (Fsp3) is 0.484. The molecule has 228 valence electrons. The van der Waals surface area contributed by atoms with Gasteiger partial charge in [0.05, 0.1) is 20.8 Å². The standard InChI is InChI=1S/C31H42N4O7/c1-5-20(2)29(37)30(38)35-16-7-6-11-24(35)31(39)42-25(14-12-21-13-15-26(40-3)27(17-21)41-4)22-9-8-10-23(18-22)34-28(36)19-33-32/h8-10,13,15,17-18,20,24-25,33H,5-7,11-12,14,16,19,32H2,1-4H3,(H,34,36)/t20-,24+,25-/m1/s1. The zero-order valence-electron chi connectivity index (χ0n) is 24.8. The topological polar surface area (TPSA) is 149 Å². The van der Waals surface area contributed by atoms with Crippen LogP contribution in [0.25, 0.3) is 0 Å². The Labute approximate surface area is 247 Å². The van der Waals surface area contributed by atoms with Crippen molar-refractivity contribution in [1.82, 2.24) is 10.3 Å². The molecule has 4 N–H and O–H groups in total. The number of amides is 2. The Balaban J connectivity index is 1.87. The van der Waals surface area contributed by atoms with Crippen LogP contribution in [0.1, 0.15) is 63.2 Å². The first-order chi connectivity index (χ1) is 20.2. The molecule has 0 spiro atoms. The number of carbonyl (C=O) groups excluding carboxylic acids is 4. The van der Waals surface area contributed by atoms with E-state index in [1.807, 2.05) is 31.2 Å². The number of aryl methyl sites for hydroxylation is 1. The molecule has 1 fully saturated rings. The Kier molecular flexibility index (Phi) is 12.3. The van der Waals surface area contributed by atoms with E-state index in [2.05, 4.69) is 10.7 Å². The molecule has 0 radical (unpaired) electrons. The maximum absolute atomic E-state index is 13.6. The van der Waals surface area contributed by atoms with Crippen molar-refractivity contribution < 1.29 is 33.4 Å². The first-order valence-corrected chi connectivity index (χ1v) is 14.3. The lowest BCUT2D eigenvalue weighted by molar-refractivity contribution is -0.164. The molecule has 1 heterocycles. The van der Waals surface area contributed by atoms with Gasteiger partial charge in [-0.15, -0.1) is 0 Å². The number of carbonyl (C=O) groups is 4. The molecule has 0 aromatic heterocycles. The first kappa shape index (κ1) is 32.6. The number of nitrogens with zero attached hydrogens (tertiary/aromatic N) is 1. The van der Waals surface area contributed by atoms with Gasteiger partial charge in [-0.1, -0.05) is 32.0 Å². The number of methoxy groups -OCH3 is 2. The number of nitrogens with one attached hydrogen (secondary N) is 2. The van der Waals surface area contributed by atoms with Crippen LogP contribution in [0.15, 0.2) is 42.5 Å². The predicted molar refractivity (Wildman–Crippen MR) is 158 cm³/mol. The molecule has 3 rings (SSSR count). The number of Topliss-reactive ketones (excluding diaryl/α,β-unsaturated/α-hetero) is 1. The molecule has 3 atom stereocenters. The number of likely N-dealkylation sites (tertiary alicyclic amines) is 1. The Morgan fingerprint density at radius 1 is 1.05 bits per heavy atom. The Bertz CT molecular complexity index is 1250. The summed E-state index contributed by atoms with van der Waals surface area (Å²) in [5.41, 5.74) is 4.46. The number of rotatable bonds is 14. The average molecular weight is 583 g/mol. The molecule has 2 aromatic rings. The van der Waals surface area contributed by atoms with E-state index < -0.39 is 35.7 Å². The quantitative estimate of drug-likeness (QED) is 0.132. The van der Waals surface area contributed by atoms with Gasteiger partial charge in [0.2, 0.25) is 11.7 Å². The van der Waals surface area contributed by atoms with E-state index in [0.29, 0.717) is 61.4 Å². The van der Waals surface area contributed by atoms with Crippen LogP contribution in [0.5, 0.6) is 11.5 Å². The van der Waals surface area contributed by atoms with Gasteiger partial charge in [0.15, 0.2) is 11.5 Å². The van der Waals surface area contributed by atoms with E-state index in [0.717, 1.165) is 12.0 Å². The van der Waals surface area contributed by atoms with Crippen molar-refractivity contribution in [3.8, 4) is 11.5 Å². The largest absolute Gasteiger partial charge is 0.493 e. The third-order valence-electron chi connectivity index (χ3n) is 7.51. The molecule has 0 aliphatic carbocycles. The highest BCUT2D eigenvalue weighted by Crippen LogP contribution is 2.32. The molecule has 42 heavy (non-hydrogen) atoms. The van der Waals surface area contributed by atoms with Gasteiger partial charge in [0, 0.05) is 18.2 Å². The molecular weight excluding hydrogens is 540 g/mol. The van der Waals surface area contributed by atoms with E-state index in [1.165, 1.54) is 4.90 Å². The second-order valence-corrected chi connectivity index (χ2v) is 10.4. The highest BCUT2D eigenvalue weighted by molar-refractivity contribution is 6.37. The van der Waals surface area contributed by atoms with Crippen molar-refractivity contribution in [3.63, 3.8) is 0 Å². The average Bonchev–Trinajstić information content (AvgIpc) is 3.01. The molecule has 0 bridgehead atoms. The second kappa shape index (κ2) is 15.9. The number of hydrazine groups is 1. The zero-order valence-corrected chi connectivity index (χ0v) is 24.8. The summed E-state index contributed by atoms with van der Waals surface area (Å²) in [7, 11) is 3.13. The van der Waals surface area contributed by atoms with Gasteiger partial charge in [0.1, 0.15) is 12.1 Å². The minimum atomic E-state index is -0.846. The number of piperidine rings is 1. The van der Waals surface area contributed by atoms with Crippen LogP contribution in [-0.4, -0.2) is 61.8 Å². The maximum Gasteiger partial charge on any atom is 0.329 e. The third kappa shape index (κ3) is 8.53. The van der Waals surface area contributed by atoms with E-state index in [9.17, 15) is 19.2 Å². The number of ketones is 1. The summed E-state index contributed by atoms with van der Waals surface area (Å²) in [6.45, 7) is 3.83. The molecular formula is C31H42N4O7. The van der Waals surface area contributed by atoms with Crippen molar-refractivity contribution in [2.24, 2.45) is 11.8 Å². The lowest BCUT2D eigenvalue weighted by Gasteiger charge is -2.35. The van der Waals surface area contributed by atoms with E-state index >= 15 is 0 Å². The highest BCUT2D eigenvalue weighted by Gasteiger charge is 2.38. The minimum Gasteiger partial charge on any atom is -0.493 e. The van der Waals surface area contributed by atoms with Crippen LogP contribution in [0, 0.1) is 5.92 Å². The third-order valence-corrected chi connectivity index (χ3v) is 7.51. The second-order valence-electron chi connectivity index (χ2n) is 10.4. The number of ether oxygens (including phenoxy) is 3. The fourth-order valence-corrected chi connectivity index (χ4v) is 4.92. The van der Waals surface area contributed by atoms with Gasteiger partial charge < -0.3 is 24.4 Å². The van der Waals surface area contributed by atoms with Gasteiger partial charge in [0.25, 0.3) is 5.91 Å². The normalized spacial score (nSPS) is 16.2. The Hall–Kier alpha value is -3.96. The number of anilines is 1. The number of hydrogen-bond acceptors (Lipinski definition) is 9. The summed E-state index contributed by atoms with van der Waals surface area (Å²) < 4.78 is 16.9. The molecule has 0 unspecified atom stereocenters. The maximum atomic E-state index is 13.6. The van der Waals surface area contributed by atoms with Gasteiger partial charge in [-0.3, -0.25) is 25.7 Å². The zero-order chi connectivity index (χ0) is 30.6. The summed E-state index contributed by atoms with van der Waals surface area (Å²) in [5.74, 6) is 4.03. The van der Waals surface area contributed by atoms with Crippen molar-refractivity contribution in [2.75, 3.05) is 32.6 Å². The van der Waals surface area contributed by atoms with E-state index in [1.54, 1.807) is 39.3 Å². The predicted octanol–water partition coefficient (Wildman–Crippen LogP) is 3.32. The lowest BCUT2D eigenvalue weighted by atomic mass is 9.97. The summed E-state index contributed by atoms with van der Waals surface area (Å²) >= 11 is 0. The number of benzene rings is 2. The molecule has 11 heteroatoms. The van der Waals surface area contributed by atoms with E-state index in [-0.39, 0.29) is 12.5 Å². The van der Waals surface area contributed by atoms with Crippen molar-refractivity contribution in [1.29, 1.82) is 0 Å². The van der Waals surface area contributed by atoms with Crippen LogP contribution in [0.2, 0.25) is 0 Å². The van der Waals surface area contributed by atoms with Gasteiger partial charge in [-0.2, -0.15) is 0 Å². The number of nitrogens with two attached hydrogens (primary N) is 1. The van der Waals surface area contributed by atoms with Crippen LogP contribution < -0.4 is 26.1 Å². The smallest absolute Gasteiger partial charge is 0.329 e. The van der Waals surface area contributed by atoms with Gasteiger partial charge in [-0.25, -0.2) is 4.79 Å². The highest BCUT2D eigenvalue weighted by atomic mass is 16.5. The SMILES string of the molecule is CC[C@@H](C)C(=O)C(=O)N1CCCC[C@H]1C(=O)O[C@H](CCc1ccc(OC)c(OC)c1)c1cccc(NC(=O)CNN)c1. The van der Waals surface area contributed by atoms with Crippen molar-refractivity contribution in [2.45, 2.75) is 64.5 Å². The van der Waals surface area contributed by atoms with Crippen LogP contribution in [0.3, 0.4) is 0 Å². The Morgan fingerprint density at radius 3 is 2.50 bits per heavy atom. The summed E-state index contributed by atoms with van der Waals surface area (Å²) in [6, 6.07) is 11.8. The molecule has 0 saturated carbocycles. The summed E-state index contributed by atoms with van der Waals surface area (Å²) in [6.07, 6.45) is 2.67. The lowest BCUT2D eigenvalue weighted by Crippen LogP contribution is -2.52. The minimum absolute atomic E-state index is 0.0666. The molecule has 1 saturated heterocycles. The van der Waals surface area contributed by atoms with Gasteiger partial charge in [-0.05, 0) is 73.9 Å². The van der Waals surface area contributed by atoms with E-state index in [4.69, 9.17) is 20.1 Å². The number of hydrogen-bond donors (Lipinski definition) is 3.